The molecule has 1 aromatic rings. The van der Waals surface area contributed by atoms with Crippen molar-refractivity contribution in [2.24, 2.45) is 22.7 Å². The first-order valence-corrected chi connectivity index (χ1v) is 14.8. The number of ether oxygens (including phenoxy) is 3. The molecule has 0 N–H and O–H groups in total. The van der Waals surface area contributed by atoms with Gasteiger partial charge in [0.2, 0.25) is 0 Å². The number of esters is 2. The zero-order valence-electron chi connectivity index (χ0n) is 23.7. The fourth-order valence-corrected chi connectivity index (χ4v) is 11.1. The largest absolute Gasteiger partial charge is 0.441 e. The molecule has 0 amide bonds. The molecule has 0 radical (unpaired) electrons. The van der Waals surface area contributed by atoms with Gasteiger partial charge >= 0.3 is 11.9 Å². The lowest BCUT2D eigenvalue weighted by atomic mass is 9.36. The van der Waals surface area contributed by atoms with Crippen LogP contribution in [0, 0.1) is 29.6 Å². The topological polar surface area (TPSA) is 82.1 Å². The van der Waals surface area contributed by atoms with Crippen LogP contribution in [-0.2, 0) is 35.7 Å². The number of carbonyl (C=O) groups is 3. The van der Waals surface area contributed by atoms with Gasteiger partial charge in [-0.3, -0.25) is 14.4 Å². The minimum atomic E-state index is -1.15. The van der Waals surface area contributed by atoms with Gasteiger partial charge in [-0.2, -0.15) is 0 Å². The number of piperidine rings is 1. The van der Waals surface area contributed by atoms with E-state index in [0.717, 1.165) is 36.8 Å². The molecule has 1 spiro atoms. The Balaban J connectivity index is 1.51. The van der Waals surface area contributed by atoms with Gasteiger partial charge in [-0.1, -0.05) is 33.8 Å². The Morgan fingerprint density at radius 2 is 1.92 bits per heavy atom. The molecular formula is C31H38ClNO6. The minimum absolute atomic E-state index is 0.0465. The summed E-state index contributed by atoms with van der Waals surface area (Å²) in [6.45, 7) is 12.7. The normalized spacial score (nSPS) is 47.9. The molecule has 0 aromatic heterocycles. The number of carbonyl (C=O) groups excluding carboxylic acids is 3. The Kier molecular flexibility index (Phi) is 5.10. The van der Waals surface area contributed by atoms with E-state index in [2.05, 4.69) is 38.7 Å². The van der Waals surface area contributed by atoms with E-state index in [1.165, 1.54) is 6.92 Å². The number of fused-ring (bicyclic) bond motifs is 5. The van der Waals surface area contributed by atoms with Gasteiger partial charge in [0, 0.05) is 42.2 Å². The number of rotatable bonds is 1. The fourth-order valence-electron chi connectivity index (χ4n) is 10.4. The predicted octanol–water partition coefficient (Wildman–Crippen LogP) is 4.82. The summed E-state index contributed by atoms with van der Waals surface area (Å²) in [6, 6.07) is 3.92. The van der Waals surface area contributed by atoms with Gasteiger partial charge in [0.15, 0.2) is 5.72 Å². The van der Waals surface area contributed by atoms with Gasteiger partial charge in [0.25, 0.3) is 0 Å². The van der Waals surface area contributed by atoms with Gasteiger partial charge in [-0.05, 0) is 61.1 Å². The van der Waals surface area contributed by atoms with Crippen molar-refractivity contribution in [3.05, 3.63) is 28.8 Å². The molecule has 5 fully saturated rings. The van der Waals surface area contributed by atoms with Crippen molar-refractivity contribution >= 4 is 29.3 Å². The third-order valence-electron chi connectivity index (χ3n) is 11.8. The molecule has 4 heterocycles. The number of hydrogen-bond acceptors (Lipinski definition) is 7. The van der Waals surface area contributed by atoms with Gasteiger partial charge < -0.3 is 14.2 Å². The van der Waals surface area contributed by atoms with Crippen molar-refractivity contribution in [3.63, 3.8) is 0 Å². The van der Waals surface area contributed by atoms with Crippen LogP contribution in [0.1, 0.15) is 83.4 Å². The lowest BCUT2D eigenvalue weighted by Crippen LogP contribution is -2.86. The number of halogens is 1. The zero-order valence-corrected chi connectivity index (χ0v) is 24.4. The molecule has 4 saturated heterocycles. The summed E-state index contributed by atoms with van der Waals surface area (Å²) in [5.41, 5.74) is -1.24. The van der Waals surface area contributed by atoms with E-state index in [9.17, 15) is 14.4 Å². The Hall–Kier alpha value is -1.96. The maximum atomic E-state index is 14.4. The molecule has 9 unspecified atom stereocenters. The molecule has 39 heavy (non-hydrogen) atoms. The van der Waals surface area contributed by atoms with E-state index in [0.29, 0.717) is 23.8 Å². The van der Waals surface area contributed by atoms with Gasteiger partial charge in [0.1, 0.15) is 17.3 Å². The summed E-state index contributed by atoms with van der Waals surface area (Å²) in [7, 11) is 0. The summed E-state index contributed by atoms with van der Waals surface area (Å²) >= 11 is 7.84. The average Bonchev–Trinajstić information content (AvgIpc) is 3.10. The Morgan fingerprint density at radius 3 is 2.64 bits per heavy atom. The number of nitrogens with zero attached hydrogens (tertiary/aromatic N) is 1. The summed E-state index contributed by atoms with van der Waals surface area (Å²) in [5.74, 6) is -0.257. The Bertz CT molecular complexity index is 1350. The number of benzene rings is 1. The summed E-state index contributed by atoms with van der Waals surface area (Å²) in [4.78, 5) is 42.3. The smallest absolute Gasteiger partial charge is 0.308 e. The van der Waals surface area contributed by atoms with E-state index in [4.69, 9.17) is 25.8 Å². The molecule has 1 aromatic carbocycles. The van der Waals surface area contributed by atoms with Crippen LogP contribution in [0.5, 0.6) is 5.75 Å². The number of hydrogen-bond donors (Lipinski definition) is 0. The molecule has 7 rings (SSSR count). The second kappa shape index (κ2) is 7.65. The van der Waals surface area contributed by atoms with Crippen molar-refractivity contribution in [3.8, 4) is 5.75 Å². The van der Waals surface area contributed by atoms with Crippen LogP contribution in [0.25, 0.3) is 0 Å². The molecule has 7 nitrogen and oxygen atoms in total. The SMILES string of the molecule is CC(=O)Oc1cc(C)cc2c1CC(=O)C1C2(C)C(Cl)C23OC(=O)CC1(C)C2(C)CCC12CC(C)CC(CN13)O2. The van der Waals surface area contributed by atoms with Crippen LogP contribution in [0.15, 0.2) is 12.1 Å². The summed E-state index contributed by atoms with van der Waals surface area (Å²) in [5, 5.41) is -0.734. The van der Waals surface area contributed by atoms with E-state index in [1.807, 2.05) is 13.0 Å². The lowest BCUT2D eigenvalue weighted by Gasteiger charge is -2.76. The average molecular weight is 556 g/mol. The van der Waals surface area contributed by atoms with Crippen LogP contribution in [0.3, 0.4) is 0 Å². The predicted molar refractivity (Wildman–Crippen MR) is 143 cm³/mol. The molecule has 2 aliphatic carbocycles. The summed E-state index contributed by atoms with van der Waals surface area (Å²) in [6.07, 6.45) is 3.79. The first-order chi connectivity index (χ1) is 18.2. The van der Waals surface area contributed by atoms with Crippen LogP contribution < -0.4 is 4.74 Å². The summed E-state index contributed by atoms with van der Waals surface area (Å²) < 4.78 is 19.0. The van der Waals surface area contributed by atoms with Crippen LogP contribution in [0.4, 0.5) is 0 Å². The first-order valence-electron chi connectivity index (χ1n) is 14.4. The molecule has 6 aliphatic rings. The maximum Gasteiger partial charge on any atom is 0.308 e. The van der Waals surface area contributed by atoms with E-state index in [1.54, 1.807) is 0 Å². The van der Waals surface area contributed by atoms with Gasteiger partial charge in [0.05, 0.1) is 17.9 Å². The highest BCUT2D eigenvalue weighted by atomic mass is 35.5. The Labute approximate surface area is 234 Å². The van der Waals surface area contributed by atoms with Crippen LogP contribution in [0.2, 0.25) is 0 Å². The van der Waals surface area contributed by atoms with Crippen molar-refractivity contribution in [2.45, 2.75) is 108 Å². The first kappa shape index (κ1) is 26.0. The van der Waals surface area contributed by atoms with E-state index in [-0.39, 0.29) is 30.7 Å². The fraction of sp³-hybridized carbons (Fsp3) is 0.710. The highest BCUT2D eigenvalue weighted by molar-refractivity contribution is 6.23. The highest BCUT2D eigenvalue weighted by Crippen LogP contribution is 2.76. The number of aryl methyl sites for hydroxylation is 1. The zero-order chi connectivity index (χ0) is 27.9. The molecule has 1 saturated carbocycles. The molecule has 210 valence electrons. The highest BCUT2D eigenvalue weighted by Gasteiger charge is 2.84. The molecule has 9 atom stereocenters. The second-order valence-corrected chi connectivity index (χ2v) is 14.5. The molecular weight excluding hydrogens is 518 g/mol. The number of Topliss-reactive ketones (excluding diaryl/α,β-unsaturated/α-hetero) is 1. The van der Waals surface area contributed by atoms with Crippen molar-refractivity contribution < 1.29 is 28.6 Å². The second-order valence-electron chi connectivity index (χ2n) is 14.0. The molecule has 4 bridgehead atoms. The van der Waals surface area contributed by atoms with Crippen LogP contribution in [-0.4, -0.2) is 52.1 Å². The van der Waals surface area contributed by atoms with Crippen molar-refractivity contribution in [1.82, 2.24) is 4.90 Å². The third-order valence-corrected chi connectivity index (χ3v) is 12.6. The number of ketones is 1. The number of alkyl halides is 1. The third kappa shape index (κ3) is 2.85. The minimum Gasteiger partial charge on any atom is -0.441 e. The molecule has 4 aliphatic heterocycles. The van der Waals surface area contributed by atoms with Gasteiger partial charge in [-0.25, -0.2) is 4.90 Å². The van der Waals surface area contributed by atoms with E-state index >= 15 is 0 Å². The quantitative estimate of drug-likeness (QED) is 0.279. The standard InChI is InChI=1S/C31H38ClNO6/c1-16-10-21-20(23(11-16)37-18(3)34)12-22(35)25-27(4)14-24(36)39-31(26(32)29(21,25)6)28(27,5)7-8-30-13-17(2)9-19(38-30)15-33(30)31/h10-11,17,19,25-26H,7-9,12-15H2,1-6H3. The van der Waals surface area contributed by atoms with E-state index < -0.39 is 45.0 Å². The van der Waals surface area contributed by atoms with Crippen LogP contribution >= 0.6 is 11.6 Å². The van der Waals surface area contributed by atoms with Crippen molar-refractivity contribution in [1.29, 1.82) is 0 Å². The van der Waals surface area contributed by atoms with Gasteiger partial charge in [-0.15, -0.1) is 11.6 Å². The maximum absolute atomic E-state index is 14.4. The van der Waals surface area contributed by atoms with Crippen molar-refractivity contribution in [2.75, 3.05) is 6.54 Å². The lowest BCUT2D eigenvalue weighted by molar-refractivity contribution is -0.364. The monoisotopic (exact) mass is 555 g/mol. The molecule has 8 heteroatoms. The Morgan fingerprint density at radius 1 is 1.18 bits per heavy atom.